The molecule has 0 fully saturated rings. The summed E-state index contributed by atoms with van der Waals surface area (Å²) in [6.07, 6.45) is 2.93. The maximum absolute atomic E-state index is 10.2. The first-order valence-electron chi connectivity index (χ1n) is 5.35. The molecule has 0 heterocycles. The summed E-state index contributed by atoms with van der Waals surface area (Å²) in [7, 11) is 0. The number of carbonyl (C=O) groups excluding carboxylic acids is 2. The van der Waals surface area contributed by atoms with Crippen LogP contribution in [0.2, 0.25) is 0 Å². The van der Waals surface area contributed by atoms with Gasteiger partial charge in [-0.25, -0.2) is 9.59 Å². The van der Waals surface area contributed by atoms with Crippen molar-refractivity contribution in [3.63, 3.8) is 0 Å². The van der Waals surface area contributed by atoms with E-state index in [4.69, 9.17) is 4.74 Å². The zero-order chi connectivity index (χ0) is 13.5. The van der Waals surface area contributed by atoms with E-state index in [1.54, 1.807) is 48.5 Å². The summed E-state index contributed by atoms with van der Waals surface area (Å²) in [5.74, 6) is 1.13. The number of benzene rings is 2. The molecule has 0 amide bonds. The third-order valence-electron chi connectivity index (χ3n) is 2.24. The van der Waals surface area contributed by atoms with E-state index in [0.717, 1.165) is 0 Å². The Hall–Kier alpha value is -3.00. The van der Waals surface area contributed by atoms with Gasteiger partial charge in [0.05, 0.1) is 11.4 Å². The molecule has 19 heavy (non-hydrogen) atoms. The lowest BCUT2D eigenvalue weighted by molar-refractivity contribution is 0.483. The van der Waals surface area contributed by atoms with E-state index in [-0.39, 0.29) is 0 Å². The van der Waals surface area contributed by atoms with Crippen LogP contribution in [0.15, 0.2) is 58.5 Å². The van der Waals surface area contributed by atoms with Crippen molar-refractivity contribution >= 4 is 23.5 Å². The predicted octanol–water partition coefficient (Wildman–Crippen LogP) is 3.41. The molecule has 0 spiro atoms. The molecule has 0 aliphatic carbocycles. The van der Waals surface area contributed by atoms with Crippen molar-refractivity contribution in [2.45, 2.75) is 0 Å². The lowest BCUT2D eigenvalue weighted by Gasteiger charge is -2.05. The highest BCUT2D eigenvalue weighted by molar-refractivity contribution is 5.53. The van der Waals surface area contributed by atoms with Crippen LogP contribution in [-0.2, 0) is 9.59 Å². The second-order valence-corrected chi connectivity index (χ2v) is 3.50. The summed E-state index contributed by atoms with van der Waals surface area (Å²) in [5.41, 5.74) is 0.969. The maximum atomic E-state index is 10.2. The molecule has 0 atom stereocenters. The van der Waals surface area contributed by atoms with Gasteiger partial charge in [0.25, 0.3) is 0 Å². The van der Waals surface area contributed by atoms with Gasteiger partial charge in [0, 0.05) is 6.07 Å². The largest absolute Gasteiger partial charge is 0.457 e. The Labute approximate surface area is 108 Å². The van der Waals surface area contributed by atoms with E-state index in [1.807, 2.05) is 0 Å². The zero-order valence-corrected chi connectivity index (χ0v) is 9.74. The molecular formula is C14H8N2O3. The highest BCUT2D eigenvalue weighted by Crippen LogP contribution is 2.26. The first kappa shape index (κ1) is 12.5. The topological polar surface area (TPSA) is 68.1 Å². The molecule has 0 radical (unpaired) electrons. The number of hydrogen-bond donors (Lipinski definition) is 0. The summed E-state index contributed by atoms with van der Waals surface area (Å²) < 4.78 is 5.57. The van der Waals surface area contributed by atoms with Gasteiger partial charge in [-0.1, -0.05) is 6.07 Å². The molecule has 5 heteroatoms. The van der Waals surface area contributed by atoms with E-state index in [1.165, 1.54) is 12.2 Å². The molecule has 0 aliphatic rings. The molecule has 0 aliphatic heterocycles. The smallest absolute Gasteiger partial charge is 0.240 e. The van der Waals surface area contributed by atoms with Gasteiger partial charge in [0.2, 0.25) is 12.2 Å². The van der Waals surface area contributed by atoms with Gasteiger partial charge in [-0.2, -0.15) is 9.98 Å². The van der Waals surface area contributed by atoms with Crippen molar-refractivity contribution in [3.8, 4) is 11.5 Å². The molecule has 5 nitrogen and oxygen atoms in total. The Bertz CT molecular complexity index is 667. The first-order valence-corrected chi connectivity index (χ1v) is 5.35. The summed E-state index contributed by atoms with van der Waals surface area (Å²) in [5, 5.41) is 0. The van der Waals surface area contributed by atoms with Gasteiger partial charge in [0.15, 0.2) is 0 Å². The number of ether oxygens (including phenoxy) is 1. The summed E-state index contributed by atoms with van der Waals surface area (Å²) in [4.78, 5) is 27.2. The van der Waals surface area contributed by atoms with Crippen LogP contribution in [0.3, 0.4) is 0 Å². The average Bonchev–Trinajstić information content (AvgIpc) is 2.42. The quantitative estimate of drug-likeness (QED) is 0.618. The molecular weight excluding hydrogens is 244 g/mol. The van der Waals surface area contributed by atoms with Gasteiger partial charge < -0.3 is 4.74 Å². The molecule has 0 saturated carbocycles. The standard InChI is InChI=1S/C14H8N2O3/c17-9-15-11-4-6-13(7-5-11)19-14-3-1-2-12(8-14)16-10-18/h1-8H. The minimum absolute atomic E-state index is 0.467. The highest BCUT2D eigenvalue weighted by atomic mass is 16.5. The van der Waals surface area contributed by atoms with E-state index < -0.39 is 0 Å². The number of rotatable bonds is 4. The van der Waals surface area contributed by atoms with Gasteiger partial charge >= 0.3 is 0 Å². The van der Waals surface area contributed by atoms with Crippen LogP contribution in [0.1, 0.15) is 0 Å². The van der Waals surface area contributed by atoms with Crippen LogP contribution in [0.25, 0.3) is 0 Å². The molecule has 2 rings (SSSR count). The molecule has 0 N–H and O–H groups in total. The minimum atomic E-state index is 0.467. The highest BCUT2D eigenvalue weighted by Gasteiger charge is 1.99. The second kappa shape index (κ2) is 6.07. The fraction of sp³-hybridized carbons (Fsp3) is 0. The van der Waals surface area contributed by atoms with E-state index >= 15 is 0 Å². The normalized spacial score (nSPS) is 9.05. The van der Waals surface area contributed by atoms with Crippen LogP contribution < -0.4 is 4.74 Å². The van der Waals surface area contributed by atoms with Crippen molar-refractivity contribution in [2.24, 2.45) is 9.98 Å². The van der Waals surface area contributed by atoms with Crippen molar-refractivity contribution in [1.82, 2.24) is 0 Å². The first-order chi connectivity index (χ1) is 9.31. The zero-order valence-electron chi connectivity index (χ0n) is 9.74. The SMILES string of the molecule is O=C=Nc1ccc(Oc2cccc(N=C=O)c2)cc1. The van der Waals surface area contributed by atoms with Crippen molar-refractivity contribution < 1.29 is 14.3 Å². The number of hydrogen-bond acceptors (Lipinski definition) is 5. The predicted molar refractivity (Wildman–Crippen MR) is 68.5 cm³/mol. The van der Waals surface area contributed by atoms with Crippen molar-refractivity contribution in [1.29, 1.82) is 0 Å². The number of aliphatic imine (C=N–C) groups is 2. The Morgan fingerprint density at radius 3 is 2.16 bits per heavy atom. The molecule has 0 saturated heterocycles. The average molecular weight is 252 g/mol. The van der Waals surface area contributed by atoms with Gasteiger partial charge in [0.1, 0.15) is 11.5 Å². The fourth-order valence-electron chi connectivity index (χ4n) is 1.45. The summed E-state index contributed by atoms with van der Waals surface area (Å²) in [6.45, 7) is 0. The Morgan fingerprint density at radius 1 is 0.789 bits per heavy atom. The summed E-state index contributed by atoms with van der Waals surface area (Å²) in [6, 6.07) is 13.3. The molecule has 2 aromatic carbocycles. The Kier molecular flexibility index (Phi) is 3.98. The van der Waals surface area contributed by atoms with E-state index in [2.05, 4.69) is 9.98 Å². The Balaban J connectivity index is 2.18. The lowest BCUT2D eigenvalue weighted by atomic mass is 10.3. The molecule has 92 valence electrons. The molecule has 0 bridgehead atoms. The fourth-order valence-corrected chi connectivity index (χ4v) is 1.45. The monoisotopic (exact) mass is 252 g/mol. The third kappa shape index (κ3) is 3.48. The second-order valence-electron chi connectivity index (χ2n) is 3.50. The summed E-state index contributed by atoms with van der Waals surface area (Å²) >= 11 is 0. The number of isocyanates is 2. The van der Waals surface area contributed by atoms with Gasteiger partial charge in [-0.15, -0.1) is 0 Å². The third-order valence-corrected chi connectivity index (χ3v) is 2.24. The molecule has 0 unspecified atom stereocenters. The van der Waals surface area contributed by atoms with Gasteiger partial charge in [-0.05, 0) is 36.4 Å². The van der Waals surface area contributed by atoms with Crippen LogP contribution >= 0.6 is 0 Å². The molecule has 2 aromatic rings. The van der Waals surface area contributed by atoms with E-state index in [0.29, 0.717) is 22.9 Å². The van der Waals surface area contributed by atoms with Gasteiger partial charge in [-0.3, -0.25) is 0 Å². The van der Waals surface area contributed by atoms with Crippen LogP contribution in [0.5, 0.6) is 11.5 Å². The number of nitrogens with zero attached hydrogens (tertiary/aromatic N) is 2. The van der Waals surface area contributed by atoms with Crippen molar-refractivity contribution in [3.05, 3.63) is 48.5 Å². The van der Waals surface area contributed by atoms with Crippen molar-refractivity contribution in [2.75, 3.05) is 0 Å². The minimum Gasteiger partial charge on any atom is -0.457 e. The lowest BCUT2D eigenvalue weighted by Crippen LogP contribution is -1.82. The molecule has 0 aromatic heterocycles. The Morgan fingerprint density at radius 2 is 1.47 bits per heavy atom. The van der Waals surface area contributed by atoms with Crippen LogP contribution in [-0.4, -0.2) is 12.2 Å². The maximum Gasteiger partial charge on any atom is 0.240 e. The van der Waals surface area contributed by atoms with E-state index in [9.17, 15) is 9.59 Å². The van der Waals surface area contributed by atoms with Crippen LogP contribution in [0.4, 0.5) is 11.4 Å². The van der Waals surface area contributed by atoms with Crippen LogP contribution in [0, 0.1) is 0 Å².